The Hall–Kier alpha value is -1.44. The zero-order valence-electron chi connectivity index (χ0n) is 11.3. The highest BCUT2D eigenvalue weighted by molar-refractivity contribution is 6.28. The minimum atomic E-state index is 0.167. The summed E-state index contributed by atoms with van der Waals surface area (Å²) in [4.78, 5) is 14.6. The van der Waals surface area contributed by atoms with Gasteiger partial charge in [0.15, 0.2) is 0 Å². The molecule has 0 amide bonds. The third kappa shape index (κ3) is 4.92. The molecule has 1 saturated heterocycles. The van der Waals surface area contributed by atoms with Crippen LogP contribution >= 0.6 is 11.6 Å². The molecule has 0 saturated carbocycles. The molecule has 1 aliphatic rings. The van der Waals surface area contributed by atoms with Crippen LogP contribution in [0.5, 0.6) is 0 Å². The van der Waals surface area contributed by atoms with Crippen molar-refractivity contribution < 1.29 is 4.74 Å². The molecule has 20 heavy (non-hydrogen) atoms. The Kier molecular flexibility index (Phi) is 5.97. The molecule has 2 N–H and O–H groups in total. The molecule has 0 unspecified atom stereocenters. The zero-order chi connectivity index (χ0) is 14.2. The Labute approximate surface area is 123 Å². The molecular weight excluding hydrogens is 280 g/mol. The van der Waals surface area contributed by atoms with Gasteiger partial charge in [-0.25, -0.2) is 0 Å². The van der Waals surface area contributed by atoms with Crippen LogP contribution in [0.3, 0.4) is 0 Å². The van der Waals surface area contributed by atoms with Gasteiger partial charge in [-0.15, -0.1) is 6.58 Å². The van der Waals surface area contributed by atoms with Gasteiger partial charge in [-0.1, -0.05) is 6.08 Å². The van der Waals surface area contributed by atoms with Gasteiger partial charge in [-0.05, 0) is 11.6 Å². The zero-order valence-corrected chi connectivity index (χ0v) is 12.1. The van der Waals surface area contributed by atoms with E-state index in [4.69, 9.17) is 16.3 Å². The van der Waals surface area contributed by atoms with Crippen LogP contribution in [-0.4, -0.2) is 65.8 Å². The van der Waals surface area contributed by atoms with Crippen molar-refractivity contribution >= 4 is 23.5 Å². The van der Waals surface area contributed by atoms with Crippen LogP contribution in [0.25, 0.3) is 0 Å². The molecule has 2 rings (SSSR count). The van der Waals surface area contributed by atoms with Gasteiger partial charge in [0.25, 0.3) is 0 Å². The molecule has 8 heteroatoms. The van der Waals surface area contributed by atoms with E-state index in [1.807, 2.05) is 0 Å². The first-order chi connectivity index (χ1) is 9.78. The fourth-order valence-electron chi connectivity index (χ4n) is 1.82. The molecular formula is C12H19ClN6O. The summed E-state index contributed by atoms with van der Waals surface area (Å²) >= 11 is 5.86. The van der Waals surface area contributed by atoms with Crippen LogP contribution in [0.1, 0.15) is 0 Å². The van der Waals surface area contributed by atoms with Crippen LogP contribution in [0.2, 0.25) is 5.28 Å². The highest BCUT2D eigenvalue weighted by atomic mass is 35.5. The number of rotatable bonds is 7. The second kappa shape index (κ2) is 7.98. The van der Waals surface area contributed by atoms with Gasteiger partial charge in [0.05, 0.1) is 13.2 Å². The van der Waals surface area contributed by atoms with Crippen LogP contribution in [0.4, 0.5) is 11.9 Å². The van der Waals surface area contributed by atoms with Gasteiger partial charge in [-0.3, -0.25) is 4.90 Å². The highest BCUT2D eigenvalue weighted by Crippen LogP contribution is 2.09. The Morgan fingerprint density at radius 1 is 1.20 bits per heavy atom. The number of ether oxygens (including phenoxy) is 1. The lowest BCUT2D eigenvalue weighted by molar-refractivity contribution is 0.0398. The predicted molar refractivity (Wildman–Crippen MR) is 79.3 cm³/mol. The van der Waals surface area contributed by atoms with E-state index in [1.165, 1.54) is 0 Å². The normalized spacial score (nSPS) is 15.8. The van der Waals surface area contributed by atoms with Crippen molar-refractivity contribution in [2.24, 2.45) is 0 Å². The molecule has 110 valence electrons. The van der Waals surface area contributed by atoms with E-state index in [1.54, 1.807) is 6.08 Å². The fourth-order valence-corrected chi connectivity index (χ4v) is 1.98. The third-order valence-electron chi connectivity index (χ3n) is 2.83. The fraction of sp³-hybridized carbons (Fsp3) is 0.583. The maximum atomic E-state index is 5.86. The lowest BCUT2D eigenvalue weighted by atomic mass is 10.4. The van der Waals surface area contributed by atoms with E-state index < -0.39 is 0 Å². The maximum absolute atomic E-state index is 5.86. The topological polar surface area (TPSA) is 75.2 Å². The van der Waals surface area contributed by atoms with Gasteiger partial charge in [-0.2, -0.15) is 15.0 Å². The summed E-state index contributed by atoms with van der Waals surface area (Å²) in [5.74, 6) is 0.920. The summed E-state index contributed by atoms with van der Waals surface area (Å²) < 4.78 is 5.30. The molecule has 0 spiro atoms. The molecule has 1 fully saturated rings. The molecule has 0 aliphatic carbocycles. The average molecular weight is 299 g/mol. The Morgan fingerprint density at radius 2 is 1.90 bits per heavy atom. The minimum Gasteiger partial charge on any atom is -0.379 e. The summed E-state index contributed by atoms with van der Waals surface area (Å²) in [7, 11) is 0. The lowest BCUT2D eigenvalue weighted by Gasteiger charge is -2.26. The molecule has 0 atom stereocenters. The molecule has 2 heterocycles. The lowest BCUT2D eigenvalue weighted by Crippen LogP contribution is -2.39. The summed E-state index contributed by atoms with van der Waals surface area (Å²) in [5, 5.41) is 6.31. The van der Waals surface area contributed by atoms with Crippen molar-refractivity contribution in [2.75, 3.05) is 56.6 Å². The molecule has 7 nitrogen and oxygen atoms in total. The first-order valence-electron chi connectivity index (χ1n) is 6.58. The number of nitrogens with zero attached hydrogens (tertiary/aromatic N) is 4. The standard InChI is InChI=1S/C12H19ClN6O/c1-2-3-14-11-16-10(13)17-12(18-11)15-4-5-19-6-8-20-9-7-19/h2H,1,3-9H2,(H2,14,15,16,17,18). The Balaban J connectivity index is 1.81. The van der Waals surface area contributed by atoms with E-state index in [0.29, 0.717) is 18.4 Å². The van der Waals surface area contributed by atoms with Gasteiger partial charge >= 0.3 is 0 Å². The quantitative estimate of drug-likeness (QED) is 0.723. The van der Waals surface area contributed by atoms with Crippen LogP contribution in [-0.2, 0) is 4.74 Å². The number of nitrogens with one attached hydrogen (secondary N) is 2. The van der Waals surface area contributed by atoms with Crippen LogP contribution in [0.15, 0.2) is 12.7 Å². The number of hydrogen-bond donors (Lipinski definition) is 2. The van der Waals surface area contributed by atoms with Gasteiger partial charge < -0.3 is 15.4 Å². The molecule has 1 aromatic rings. The van der Waals surface area contributed by atoms with Crippen molar-refractivity contribution in [1.82, 2.24) is 19.9 Å². The Morgan fingerprint density at radius 3 is 2.60 bits per heavy atom. The smallest absolute Gasteiger partial charge is 0.229 e. The van der Waals surface area contributed by atoms with Crippen molar-refractivity contribution in [3.63, 3.8) is 0 Å². The van der Waals surface area contributed by atoms with E-state index >= 15 is 0 Å². The van der Waals surface area contributed by atoms with Crippen molar-refractivity contribution in [3.8, 4) is 0 Å². The average Bonchev–Trinajstić information content (AvgIpc) is 2.46. The van der Waals surface area contributed by atoms with E-state index in [0.717, 1.165) is 39.4 Å². The highest BCUT2D eigenvalue weighted by Gasteiger charge is 2.10. The third-order valence-corrected chi connectivity index (χ3v) is 3.00. The monoisotopic (exact) mass is 298 g/mol. The number of morpholine rings is 1. The predicted octanol–water partition coefficient (Wildman–Crippen LogP) is 0.867. The second-order valence-electron chi connectivity index (χ2n) is 4.30. The summed E-state index contributed by atoms with van der Waals surface area (Å²) in [5.41, 5.74) is 0. The second-order valence-corrected chi connectivity index (χ2v) is 4.64. The summed E-state index contributed by atoms with van der Waals surface area (Å²) in [6, 6.07) is 0. The molecule has 1 aliphatic heterocycles. The molecule has 0 aromatic carbocycles. The minimum absolute atomic E-state index is 0.167. The van der Waals surface area contributed by atoms with Gasteiger partial charge in [0.2, 0.25) is 17.2 Å². The van der Waals surface area contributed by atoms with Gasteiger partial charge in [0.1, 0.15) is 0 Å². The van der Waals surface area contributed by atoms with Gasteiger partial charge in [0, 0.05) is 32.7 Å². The number of aromatic nitrogens is 3. The molecule has 0 bridgehead atoms. The molecule has 1 aromatic heterocycles. The number of halogens is 1. The first-order valence-corrected chi connectivity index (χ1v) is 6.96. The largest absolute Gasteiger partial charge is 0.379 e. The SMILES string of the molecule is C=CCNc1nc(Cl)nc(NCCN2CCOCC2)n1. The summed E-state index contributed by atoms with van der Waals surface area (Å²) in [6.07, 6.45) is 1.73. The van der Waals surface area contributed by atoms with Crippen molar-refractivity contribution in [3.05, 3.63) is 17.9 Å². The molecule has 0 radical (unpaired) electrons. The van der Waals surface area contributed by atoms with Crippen molar-refractivity contribution in [2.45, 2.75) is 0 Å². The van der Waals surface area contributed by atoms with E-state index in [2.05, 4.69) is 37.1 Å². The summed E-state index contributed by atoms with van der Waals surface area (Å²) in [6.45, 7) is 9.40. The van der Waals surface area contributed by atoms with Crippen LogP contribution in [0, 0.1) is 0 Å². The maximum Gasteiger partial charge on any atom is 0.229 e. The first kappa shape index (κ1) is 15.0. The van der Waals surface area contributed by atoms with Crippen LogP contribution < -0.4 is 10.6 Å². The Bertz CT molecular complexity index is 438. The number of hydrogen-bond acceptors (Lipinski definition) is 7. The van der Waals surface area contributed by atoms with E-state index in [-0.39, 0.29) is 5.28 Å². The van der Waals surface area contributed by atoms with Crippen molar-refractivity contribution in [1.29, 1.82) is 0 Å². The number of anilines is 2. The van der Waals surface area contributed by atoms with E-state index in [9.17, 15) is 0 Å².